The van der Waals surface area contributed by atoms with Crippen LogP contribution in [0.25, 0.3) is 0 Å². The van der Waals surface area contributed by atoms with Crippen molar-refractivity contribution in [2.75, 3.05) is 51.2 Å². The van der Waals surface area contributed by atoms with Crippen LogP contribution in [0.1, 0.15) is 24.1 Å². The Bertz CT molecular complexity index is 558. The van der Waals surface area contributed by atoms with Crippen molar-refractivity contribution < 1.29 is 5.11 Å². The molecule has 0 unspecified atom stereocenters. The molecule has 3 heterocycles. The van der Waals surface area contributed by atoms with Gasteiger partial charge in [-0.3, -0.25) is 4.90 Å². The molecule has 2 aliphatic heterocycles. The summed E-state index contributed by atoms with van der Waals surface area (Å²) in [5.74, 6) is 1.07. The summed E-state index contributed by atoms with van der Waals surface area (Å²) < 4.78 is 0. The molecule has 0 radical (unpaired) electrons. The number of nitrogens with zero attached hydrogens (tertiary/aromatic N) is 5. The zero-order chi connectivity index (χ0) is 15.8. The molecule has 0 amide bonds. The van der Waals surface area contributed by atoms with Gasteiger partial charge in [0.2, 0.25) is 0 Å². The molecule has 4 rings (SSSR count). The summed E-state index contributed by atoms with van der Waals surface area (Å²) in [5.41, 5.74) is 2.53. The lowest BCUT2D eigenvalue weighted by atomic mass is 9.98. The molecule has 3 aliphatic rings. The molecule has 6 heteroatoms. The molecule has 2 atom stereocenters. The maximum absolute atomic E-state index is 10.7. The Balaban J connectivity index is 1.44. The van der Waals surface area contributed by atoms with Crippen molar-refractivity contribution in [1.29, 1.82) is 0 Å². The van der Waals surface area contributed by atoms with Crippen LogP contribution in [0, 0.1) is 0 Å². The number of aryl methyl sites for hydroxylation is 1. The third-order valence-electron chi connectivity index (χ3n) is 5.71. The Morgan fingerprint density at radius 2 is 1.91 bits per heavy atom. The third-order valence-corrected chi connectivity index (χ3v) is 5.71. The molecular formula is C17H27N5O. The van der Waals surface area contributed by atoms with Gasteiger partial charge in [-0.1, -0.05) is 0 Å². The first-order valence-corrected chi connectivity index (χ1v) is 8.91. The Morgan fingerprint density at radius 3 is 2.70 bits per heavy atom. The van der Waals surface area contributed by atoms with Crippen molar-refractivity contribution in [3.05, 3.63) is 17.6 Å². The SMILES string of the molecule is CN1CCN([C@@H]2CCN(c3ncnc4c3CCC4)C[C@H]2O)CC1. The fourth-order valence-corrected chi connectivity index (χ4v) is 4.31. The fourth-order valence-electron chi connectivity index (χ4n) is 4.31. The maximum atomic E-state index is 10.7. The molecule has 0 aromatic carbocycles. The molecule has 0 spiro atoms. The number of fused-ring (bicyclic) bond motifs is 1. The fraction of sp³-hybridized carbons (Fsp3) is 0.765. The average Bonchev–Trinajstić information content (AvgIpc) is 3.04. The van der Waals surface area contributed by atoms with Gasteiger partial charge in [-0.05, 0) is 32.7 Å². The minimum atomic E-state index is -0.292. The van der Waals surface area contributed by atoms with Crippen molar-refractivity contribution in [1.82, 2.24) is 19.8 Å². The lowest BCUT2D eigenvalue weighted by molar-refractivity contribution is 0.0138. The second-order valence-corrected chi connectivity index (χ2v) is 7.18. The summed E-state index contributed by atoms with van der Waals surface area (Å²) in [6.07, 6.45) is 5.76. The Kier molecular flexibility index (Phi) is 4.22. The van der Waals surface area contributed by atoms with Crippen molar-refractivity contribution in [2.24, 2.45) is 0 Å². The zero-order valence-electron chi connectivity index (χ0n) is 14.0. The van der Waals surface area contributed by atoms with Gasteiger partial charge in [-0.2, -0.15) is 0 Å². The predicted molar refractivity (Wildman–Crippen MR) is 89.8 cm³/mol. The number of rotatable bonds is 2. The van der Waals surface area contributed by atoms with Crippen LogP contribution in [0.5, 0.6) is 0 Å². The van der Waals surface area contributed by atoms with Crippen molar-refractivity contribution in [2.45, 2.75) is 37.8 Å². The van der Waals surface area contributed by atoms with Crippen LogP contribution in [0.2, 0.25) is 0 Å². The molecule has 126 valence electrons. The molecule has 1 N–H and O–H groups in total. The number of hydrogen-bond acceptors (Lipinski definition) is 6. The van der Waals surface area contributed by atoms with E-state index in [9.17, 15) is 5.11 Å². The van der Waals surface area contributed by atoms with E-state index in [4.69, 9.17) is 0 Å². The van der Waals surface area contributed by atoms with Crippen molar-refractivity contribution in [3.63, 3.8) is 0 Å². The molecule has 0 bridgehead atoms. The van der Waals surface area contributed by atoms with Crippen LogP contribution in [0.15, 0.2) is 6.33 Å². The number of likely N-dealkylation sites (N-methyl/N-ethyl adjacent to an activating group) is 1. The van der Waals surface area contributed by atoms with E-state index >= 15 is 0 Å². The molecule has 6 nitrogen and oxygen atoms in total. The van der Waals surface area contributed by atoms with Crippen LogP contribution >= 0.6 is 0 Å². The highest BCUT2D eigenvalue weighted by Crippen LogP contribution is 2.30. The zero-order valence-corrected chi connectivity index (χ0v) is 14.0. The standard InChI is InChI=1S/C17H27N5O/c1-20-7-9-21(10-8-20)15-5-6-22(11-16(15)23)17-13-3-2-4-14(13)18-12-19-17/h12,15-16,23H,2-11H2,1H3/t15-,16-/m1/s1. The van der Waals surface area contributed by atoms with Crippen LogP contribution < -0.4 is 4.90 Å². The number of aliphatic hydroxyl groups excluding tert-OH is 1. The molecule has 0 saturated carbocycles. The lowest BCUT2D eigenvalue weighted by Crippen LogP contribution is -2.58. The van der Waals surface area contributed by atoms with E-state index in [2.05, 4.69) is 31.7 Å². The van der Waals surface area contributed by atoms with E-state index < -0.39 is 0 Å². The number of hydrogen-bond donors (Lipinski definition) is 1. The summed E-state index contributed by atoms with van der Waals surface area (Å²) in [4.78, 5) is 16.1. The lowest BCUT2D eigenvalue weighted by Gasteiger charge is -2.45. The summed E-state index contributed by atoms with van der Waals surface area (Å²) in [7, 11) is 2.17. The second-order valence-electron chi connectivity index (χ2n) is 7.18. The van der Waals surface area contributed by atoms with Gasteiger partial charge in [0, 0.05) is 56.6 Å². The summed E-state index contributed by atoms with van der Waals surface area (Å²) in [5, 5.41) is 10.7. The topological polar surface area (TPSA) is 55.7 Å². The molecule has 1 aliphatic carbocycles. The first kappa shape index (κ1) is 15.3. The second kappa shape index (κ2) is 6.34. The van der Waals surface area contributed by atoms with Gasteiger partial charge < -0.3 is 14.9 Å². The van der Waals surface area contributed by atoms with Gasteiger partial charge in [0.15, 0.2) is 0 Å². The van der Waals surface area contributed by atoms with E-state index in [0.29, 0.717) is 12.6 Å². The van der Waals surface area contributed by atoms with Gasteiger partial charge in [0.25, 0.3) is 0 Å². The molecule has 2 saturated heterocycles. The summed E-state index contributed by atoms with van der Waals surface area (Å²) >= 11 is 0. The number of β-amino-alcohol motifs (C(OH)–C–C–N with tert-alkyl or cyclic N) is 1. The van der Waals surface area contributed by atoms with Crippen LogP contribution in [0.4, 0.5) is 5.82 Å². The molecule has 2 fully saturated rings. The van der Waals surface area contributed by atoms with Crippen molar-refractivity contribution in [3.8, 4) is 0 Å². The first-order chi connectivity index (χ1) is 11.2. The predicted octanol–water partition coefficient (Wildman–Crippen LogP) is 0.152. The minimum absolute atomic E-state index is 0.292. The normalized spacial score (nSPS) is 29.7. The molecular weight excluding hydrogens is 290 g/mol. The minimum Gasteiger partial charge on any atom is -0.390 e. The van der Waals surface area contributed by atoms with Gasteiger partial charge in [0.05, 0.1) is 6.10 Å². The number of piperidine rings is 1. The monoisotopic (exact) mass is 317 g/mol. The summed E-state index contributed by atoms with van der Waals surface area (Å²) in [6.45, 7) is 6.03. The Morgan fingerprint density at radius 1 is 1.09 bits per heavy atom. The first-order valence-electron chi connectivity index (χ1n) is 8.91. The smallest absolute Gasteiger partial charge is 0.135 e. The highest BCUT2D eigenvalue weighted by Gasteiger charge is 2.34. The largest absolute Gasteiger partial charge is 0.390 e. The van der Waals surface area contributed by atoms with Gasteiger partial charge in [0.1, 0.15) is 12.1 Å². The molecule has 23 heavy (non-hydrogen) atoms. The quantitative estimate of drug-likeness (QED) is 0.838. The van der Waals surface area contributed by atoms with E-state index in [0.717, 1.165) is 57.8 Å². The van der Waals surface area contributed by atoms with E-state index in [1.54, 1.807) is 6.33 Å². The number of aliphatic hydroxyl groups is 1. The Hall–Kier alpha value is -1.24. The molecule has 1 aromatic heterocycles. The Labute approximate surface area is 138 Å². The highest BCUT2D eigenvalue weighted by molar-refractivity contribution is 5.51. The highest BCUT2D eigenvalue weighted by atomic mass is 16.3. The number of anilines is 1. The third kappa shape index (κ3) is 2.95. The van der Waals surface area contributed by atoms with Gasteiger partial charge >= 0.3 is 0 Å². The summed E-state index contributed by atoms with van der Waals surface area (Å²) in [6, 6.07) is 0.301. The van der Waals surface area contributed by atoms with Crippen LogP contribution in [-0.2, 0) is 12.8 Å². The van der Waals surface area contributed by atoms with E-state index in [1.165, 1.54) is 17.7 Å². The molecule has 1 aromatic rings. The van der Waals surface area contributed by atoms with E-state index in [-0.39, 0.29) is 6.10 Å². The van der Waals surface area contributed by atoms with Gasteiger partial charge in [-0.15, -0.1) is 0 Å². The van der Waals surface area contributed by atoms with Gasteiger partial charge in [-0.25, -0.2) is 9.97 Å². The van der Waals surface area contributed by atoms with Crippen LogP contribution in [-0.4, -0.2) is 83.3 Å². The van der Waals surface area contributed by atoms with Crippen molar-refractivity contribution >= 4 is 5.82 Å². The van der Waals surface area contributed by atoms with E-state index in [1.807, 2.05) is 0 Å². The number of aromatic nitrogens is 2. The number of piperazine rings is 1. The van der Waals surface area contributed by atoms with Crippen LogP contribution in [0.3, 0.4) is 0 Å². The maximum Gasteiger partial charge on any atom is 0.135 e. The average molecular weight is 317 g/mol.